The Morgan fingerprint density at radius 3 is 2.62 bits per heavy atom. The van der Waals surface area contributed by atoms with Crippen LogP contribution in [0.15, 0.2) is 23.1 Å². The molecule has 1 unspecified atom stereocenters. The monoisotopic (exact) mass is 329 g/mol. The van der Waals surface area contributed by atoms with Gasteiger partial charge in [0.2, 0.25) is 10.0 Å². The summed E-state index contributed by atoms with van der Waals surface area (Å²) in [6, 6.07) is 5.47. The summed E-state index contributed by atoms with van der Waals surface area (Å²) in [5.41, 5.74) is 2.03. The number of alkyl halides is 1. The van der Waals surface area contributed by atoms with Crippen LogP contribution >= 0.6 is 11.6 Å². The molecule has 0 saturated carbocycles. The number of benzene rings is 1. The molecule has 3 nitrogen and oxygen atoms in total. The van der Waals surface area contributed by atoms with E-state index in [0.29, 0.717) is 23.2 Å². The Kier molecular flexibility index (Phi) is 5.33. The predicted octanol–water partition coefficient (Wildman–Crippen LogP) is 3.80. The quantitative estimate of drug-likeness (QED) is 0.771. The summed E-state index contributed by atoms with van der Waals surface area (Å²) in [4.78, 5) is 0.378. The lowest BCUT2D eigenvalue weighted by Crippen LogP contribution is -2.38. The predicted molar refractivity (Wildman–Crippen MR) is 87.1 cm³/mol. The van der Waals surface area contributed by atoms with E-state index in [4.69, 9.17) is 11.6 Å². The lowest BCUT2D eigenvalue weighted by Gasteiger charge is -2.27. The van der Waals surface area contributed by atoms with Crippen LogP contribution in [0, 0.1) is 5.92 Å². The first kappa shape index (κ1) is 16.8. The number of rotatable bonds is 5. The molecule has 1 aromatic rings. The van der Waals surface area contributed by atoms with Gasteiger partial charge in [0.05, 0.1) is 4.90 Å². The molecular weight excluding hydrogens is 306 g/mol. The third-order valence-corrected chi connectivity index (χ3v) is 6.54. The smallest absolute Gasteiger partial charge is 0.207 e. The Bertz CT molecular complexity index is 598. The van der Waals surface area contributed by atoms with Gasteiger partial charge >= 0.3 is 0 Å². The Hall–Kier alpha value is -0.580. The number of sulfonamides is 1. The number of hydrogen-bond acceptors (Lipinski definition) is 2. The Balaban J connectivity index is 2.40. The van der Waals surface area contributed by atoms with Crippen LogP contribution in [-0.4, -0.2) is 25.3 Å². The Morgan fingerprint density at radius 1 is 1.33 bits per heavy atom. The second-order valence-corrected chi connectivity index (χ2v) is 8.14. The van der Waals surface area contributed by atoms with Gasteiger partial charge < -0.3 is 0 Å². The molecule has 0 aromatic heterocycles. The zero-order valence-corrected chi connectivity index (χ0v) is 14.5. The van der Waals surface area contributed by atoms with E-state index in [0.717, 1.165) is 30.4 Å². The van der Waals surface area contributed by atoms with Crippen LogP contribution in [-0.2, 0) is 22.3 Å². The first-order valence-corrected chi connectivity index (χ1v) is 9.58. The van der Waals surface area contributed by atoms with Gasteiger partial charge in [-0.15, -0.1) is 11.6 Å². The number of aryl methyl sites for hydroxylation is 1. The molecule has 1 fully saturated rings. The standard InChI is InChI=1S/C16H24ClNO2S/c1-4-13-7-8-15(10-14(13)11-17)21(19,20)18-9-5-6-16(18)12(2)3/h7-8,10,12,16H,4-6,9,11H2,1-3H3. The van der Waals surface area contributed by atoms with Crippen molar-refractivity contribution >= 4 is 21.6 Å². The molecule has 2 rings (SSSR count). The number of nitrogens with zero attached hydrogens (tertiary/aromatic N) is 1. The number of halogens is 1. The molecule has 0 bridgehead atoms. The molecule has 0 radical (unpaired) electrons. The maximum atomic E-state index is 12.9. The van der Waals surface area contributed by atoms with Crippen molar-refractivity contribution in [2.75, 3.05) is 6.54 Å². The van der Waals surface area contributed by atoms with Gasteiger partial charge in [-0.25, -0.2) is 8.42 Å². The summed E-state index contributed by atoms with van der Waals surface area (Å²) in [5, 5.41) is 0. The van der Waals surface area contributed by atoms with Crippen molar-refractivity contribution in [1.82, 2.24) is 4.31 Å². The maximum Gasteiger partial charge on any atom is 0.243 e. The zero-order chi connectivity index (χ0) is 15.6. The van der Waals surface area contributed by atoms with E-state index < -0.39 is 10.0 Å². The third kappa shape index (κ3) is 3.27. The molecule has 1 aromatic carbocycles. The maximum absolute atomic E-state index is 12.9. The van der Waals surface area contributed by atoms with Gasteiger partial charge in [0.15, 0.2) is 0 Å². The van der Waals surface area contributed by atoms with Crippen molar-refractivity contribution in [2.45, 2.75) is 56.9 Å². The van der Waals surface area contributed by atoms with E-state index in [1.165, 1.54) is 0 Å². The minimum Gasteiger partial charge on any atom is -0.207 e. The van der Waals surface area contributed by atoms with Gasteiger partial charge in [0.25, 0.3) is 0 Å². The van der Waals surface area contributed by atoms with Crippen LogP contribution in [0.1, 0.15) is 44.7 Å². The Labute approximate surface area is 133 Å². The highest BCUT2D eigenvalue weighted by Crippen LogP contribution is 2.31. The van der Waals surface area contributed by atoms with Crippen molar-refractivity contribution < 1.29 is 8.42 Å². The normalized spacial score (nSPS) is 20.3. The Morgan fingerprint density at radius 2 is 2.05 bits per heavy atom. The van der Waals surface area contributed by atoms with Gasteiger partial charge in [-0.2, -0.15) is 4.31 Å². The minimum atomic E-state index is -3.42. The molecular formula is C16H24ClNO2S. The molecule has 1 aliphatic heterocycles. The molecule has 1 saturated heterocycles. The van der Waals surface area contributed by atoms with Crippen LogP contribution in [0.2, 0.25) is 0 Å². The van der Waals surface area contributed by atoms with Gasteiger partial charge in [-0.05, 0) is 48.4 Å². The first-order valence-electron chi connectivity index (χ1n) is 7.61. The molecule has 0 amide bonds. The van der Waals surface area contributed by atoms with Crippen LogP contribution in [0.25, 0.3) is 0 Å². The highest BCUT2D eigenvalue weighted by Gasteiger charge is 2.36. The third-order valence-electron chi connectivity index (χ3n) is 4.33. The van der Waals surface area contributed by atoms with Crippen molar-refractivity contribution in [3.63, 3.8) is 0 Å². The summed E-state index contributed by atoms with van der Waals surface area (Å²) in [7, 11) is -3.42. The molecule has 1 atom stereocenters. The van der Waals surface area contributed by atoms with E-state index in [9.17, 15) is 8.42 Å². The van der Waals surface area contributed by atoms with E-state index in [1.807, 2.05) is 6.07 Å². The van der Waals surface area contributed by atoms with Crippen LogP contribution in [0.3, 0.4) is 0 Å². The first-order chi connectivity index (χ1) is 9.91. The van der Waals surface area contributed by atoms with Gasteiger partial charge in [-0.1, -0.05) is 26.8 Å². The zero-order valence-electron chi connectivity index (χ0n) is 13.0. The lowest BCUT2D eigenvalue weighted by atomic mass is 10.0. The van der Waals surface area contributed by atoms with Crippen LogP contribution < -0.4 is 0 Å². The summed E-state index contributed by atoms with van der Waals surface area (Å²) in [5.74, 6) is 0.685. The van der Waals surface area contributed by atoms with E-state index in [-0.39, 0.29) is 6.04 Å². The second-order valence-electron chi connectivity index (χ2n) is 5.99. The molecule has 1 aliphatic rings. The topological polar surface area (TPSA) is 37.4 Å². The van der Waals surface area contributed by atoms with Gasteiger partial charge in [0.1, 0.15) is 0 Å². The summed E-state index contributed by atoms with van der Waals surface area (Å²) in [6.07, 6.45) is 2.75. The highest BCUT2D eigenvalue weighted by molar-refractivity contribution is 7.89. The molecule has 5 heteroatoms. The summed E-state index contributed by atoms with van der Waals surface area (Å²) < 4.78 is 27.5. The van der Waals surface area contributed by atoms with Crippen molar-refractivity contribution in [1.29, 1.82) is 0 Å². The summed E-state index contributed by atoms with van der Waals surface area (Å²) >= 11 is 5.96. The van der Waals surface area contributed by atoms with Crippen LogP contribution in [0.4, 0.5) is 0 Å². The fourth-order valence-corrected chi connectivity index (χ4v) is 5.22. The highest BCUT2D eigenvalue weighted by atomic mass is 35.5. The van der Waals surface area contributed by atoms with Crippen LogP contribution in [0.5, 0.6) is 0 Å². The molecule has 0 spiro atoms. The second kappa shape index (κ2) is 6.67. The molecule has 21 heavy (non-hydrogen) atoms. The molecule has 1 heterocycles. The lowest BCUT2D eigenvalue weighted by molar-refractivity contribution is 0.316. The van der Waals surface area contributed by atoms with E-state index >= 15 is 0 Å². The SMILES string of the molecule is CCc1ccc(S(=O)(=O)N2CCCC2C(C)C)cc1CCl. The summed E-state index contributed by atoms with van der Waals surface area (Å²) in [6.45, 7) is 6.84. The molecule has 118 valence electrons. The average molecular weight is 330 g/mol. The fraction of sp³-hybridized carbons (Fsp3) is 0.625. The average Bonchev–Trinajstić information content (AvgIpc) is 2.96. The number of hydrogen-bond donors (Lipinski definition) is 0. The van der Waals surface area contributed by atoms with E-state index in [1.54, 1.807) is 16.4 Å². The molecule has 0 aliphatic carbocycles. The van der Waals surface area contributed by atoms with Crippen molar-refractivity contribution in [3.8, 4) is 0 Å². The molecule has 0 N–H and O–H groups in total. The van der Waals surface area contributed by atoms with Crippen molar-refractivity contribution in [2.24, 2.45) is 5.92 Å². The van der Waals surface area contributed by atoms with Gasteiger partial charge in [-0.3, -0.25) is 0 Å². The van der Waals surface area contributed by atoms with Crippen molar-refractivity contribution in [3.05, 3.63) is 29.3 Å². The largest absolute Gasteiger partial charge is 0.243 e. The minimum absolute atomic E-state index is 0.111. The van der Waals surface area contributed by atoms with E-state index in [2.05, 4.69) is 20.8 Å². The van der Waals surface area contributed by atoms with Gasteiger partial charge in [0, 0.05) is 18.5 Å². The fourth-order valence-electron chi connectivity index (χ4n) is 3.10.